The van der Waals surface area contributed by atoms with E-state index in [9.17, 15) is 0 Å². The lowest BCUT2D eigenvalue weighted by Crippen LogP contribution is -2.46. The van der Waals surface area contributed by atoms with Crippen molar-refractivity contribution in [2.45, 2.75) is 32.7 Å². The van der Waals surface area contributed by atoms with Gasteiger partial charge in [-0.15, -0.1) is 11.3 Å². The number of thiazole rings is 1. The van der Waals surface area contributed by atoms with Crippen LogP contribution < -0.4 is 10.6 Å². The number of rotatable bonds is 6. The van der Waals surface area contributed by atoms with Gasteiger partial charge in [-0.2, -0.15) is 0 Å². The molecule has 0 aromatic carbocycles. The number of hydrogen-bond acceptors (Lipinski definition) is 4. The Hall–Kier alpha value is -0.450. The summed E-state index contributed by atoms with van der Waals surface area (Å²) in [5, 5.41) is 10.00. The third kappa shape index (κ3) is 4.73. The average Bonchev–Trinajstić information content (AvgIpc) is 2.59. The van der Waals surface area contributed by atoms with E-state index in [1.54, 1.807) is 11.3 Å². The van der Waals surface area contributed by atoms with Crippen molar-refractivity contribution in [3.8, 4) is 0 Å². The fourth-order valence-corrected chi connectivity index (χ4v) is 1.88. The highest BCUT2D eigenvalue weighted by Crippen LogP contribution is 2.07. The van der Waals surface area contributed by atoms with E-state index in [-0.39, 0.29) is 5.54 Å². The summed E-state index contributed by atoms with van der Waals surface area (Å²) in [4.78, 5) is 4.43. The Balaban J connectivity index is 2.17. The quantitative estimate of drug-likeness (QED) is 0.725. The van der Waals surface area contributed by atoms with Crippen molar-refractivity contribution < 1.29 is 0 Å². The van der Waals surface area contributed by atoms with Crippen LogP contribution in [0.5, 0.6) is 0 Å². The van der Waals surface area contributed by atoms with Crippen molar-refractivity contribution in [3.05, 3.63) is 16.1 Å². The van der Waals surface area contributed by atoms with E-state index in [0.717, 1.165) is 24.5 Å². The van der Waals surface area contributed by atoms with Crippen molar-refractivity contribution in [1.82, 2.24) is 15.6 Å². The molecule has 1 aromatic heterocycles. The number of likely N-dealkylation sites (N-methyl/N-ethyl adjacent to an activating group) is 1. The number of aromatic nitrogens is 1. The minimum absolute atomic E-state index is 0.165. The van der Waals surface area contributed by atoms with Crippen molar-refractivity contribution in [1.29, 1.82) is 0 Å². The number of nitrogens with one attached hydrogen (secondary N) is 2. The molecule has 0 saturated heterocycles. The molecule has 4 heteroatoms. The lowest BCUT2D eigenvalue weighted by Gasteiger charge is -2.24. The summed E-state index contributed by atoms with van der Waals surface area (Å²) in [6.07, 6.45) is 1.02. The predicted molar refractivity (Wildman–Crippen MR) is 66.6 cm³/mol. The van der Waals surface area contributed by atoms with E-state index in [1.165, 1.54) is 5.69 Å². The smallest absolute Gasteiger partial charge is 0.0897 e. The molecule has 3 nitrogen and oxygen atoms in total. The molecule has 0 aliphatic carbocycles. The zero-order valence-electron chi connectivity index (χ0n) is 10.1. The predicted octanol–water partition coefficient (Wildman–Crippen LogP) is 1.58. The normalized spacial score (nSPS) is 12.0. The Morgan fingerprint density at radius 1 is 1.47 bits per heavy atom. The SMILES string of the molecule is CNC(C)(C)CNCCc1csc(C)n1. The van der Waals surface area contributed by atoms with Gasteiger partial charge in [0.05, 0.1) is 10.7 Å². The van der Waals surface area contributed by atoms with Gasteiger partial charge in [0.25, 0.3) is 0 Å². The van der Waals surface area contributed by atoms with Crippen LogP contribution in [0, 0.1) is 6.92 Å². The molecule has 86 valence electrons. The third-order valence-electron chi connectivity index (χ3n) is 2.47. The van der Waals surface area contributed by atoms with Gasteiger partial charge in [0.15, 0.2) is 0 Å². The number of aryl methyl sites for hydroxylation is 1. The highest BCUT2D eigenvalue weighted by molar-refractivity contribution is 7.09. The minimum Gasteiger partial charge on any atom is -0.315 e. The van der Waals surface area contributed by atoms with Gasteiger partial charge in [0, 0.05) is 30.4 Å². The first-order valence-electron chi connectivity index (χ1n) is 5.34. The van der Waals surface area contributed by atoms with E-state index >= 15 is 0 Å². The molecule has 1 heterocycles. The van der Waals surface area contributed by atoms with Crippen LogP contribution in [0.15, 0.2) is 5.38 Å². The van der Waals surface area contributed by atoms with Crippen molar-refractivity contribution >= 4 is 11.3 Å². The maximum absolute atomic E-state index is 4.43. The molecule has 15 heavy (non-hydrogen) atoms. The monoisotopic (exact) mass is 227 g/mol. The Labute approximate surface area is 96.3 Å². The highest BCUT2D eigenvalue weighted by atomic mass is 32.1. The lowest BCUT2D eigenvalue weighted by molar-refractivity contribution is 0.395. The first-order chi connectivity index (χ1) is 7.03. The molecule has 0 atom stereocenters. The zero-order chi connectivity index (χ0) is 11.3. The molecule has 0 bridgehead atoms. The molecule has 0 saturated carbocycles. The van der Waals surface area contributed by atoms with Crippen molar-refractivity contribution in [2.24, 2.45) is 0 Å². The molecular formula is C11H21N3S. The second-order valence-electron chi connectivity index (χ2n) is 4.42. The van der Waals surface area contributed by atoms with Crippen LogP contribution in [0.2, 0.25) is 0 Å². The van der Waals surface area contributed by atoms with Crippen LogP contribution in [-0.2, 0) is 6.42 Å². The molecule has 2 N–H and O–H groups in total. The second kappa shape index (κ2) is 5.58. The summed E-state index contributed by atoms with van der Waals surface area (Å²) in [5.41, 5.74) is 1.37. The fraction of sp³-hybridized carbons (Fsp3) is 0.727. The third-order valence-corrected chi connectivity index (χ3v) is 3.29. The topological polar surface area (TPSA) is 37.0 Å². The van der Waals surface area contributed by atoms with Crippen molar-refractivity contribution in [3.63, 3.8) is 0 Å². The Bertz CT molecular complexity index is 294. The molecule has 0 aliphatic heterocycles. The van der Waals surface area contributed by atoms with Gasteiger partial charge in [-0.3, -0.25) is 0 Å². The van der Waals surface area contributed by atoms with Crippen LogP contribution in [0.25, 0.3) is 0 Å². The van der Waals surface area contributed by atoms with E-state index in [4.69, 9.17) is 0 Å². The maximum Gasteiger partial charge on any atom is 0.0897 e. The van der Waals surface area contributed by atoms with Crippen LogP contribution in [0.1, 0.15) is 24.5 Å². The van der Waals surface area contributed by atoms with E-state index < -0.39 is 0 Å². The van der Waals surface area contributed by atoms with Crippen LogP contribution >= 0.6 is 11.3 Å². The van der Waals surface area contributed by atoms with Gasteiger partial charge in [-0.25, -0.2) is 4.98 Å². The molecule has 0 fully saturated rings. The van der Waals surface area contributed by atoms with Gasteiger partial charge in [-0.1, -0.05) is 0 Å². The summed E-state index contributed by atoms with van der Waals surface area (Å²) in [7, 11) is 1.99. The van der Waals surface area contributed by atoms with E-state index in [1.807, 2.05) is 14.0 Å². The van der Waals surface area contributed by atoms with Gasteiger partial charge >= 0.3 is 0 Å². The Morgan fingerprint density at radius 3 is 2.73 bits per heavy atom. The van der Waals surface area contributed by atoms with Gasteiger partial charge < -0.3 is 10.6 Å². The lowest BCUT2D eigenvalue weighted by atomic mass is 10.1. The van der Waals surface area contributed by atoms with Crippen molar-refractivity contribution in [2.75, 3.05) is 20.1 Å². The number of nitrogens with zero attached hydrogens (tertiary/aromatic N) is 1. The molecule has 0 radical (unpaired) electrons. The zero-order valence-corrected chi connectivity index (χ0v) is 10.9. The summed E-state index contributed by atoms with van der Waals surface area (Å²) >= 11 is 1.72. The molecule has 0 amide bonds. The summed E-state index contributed by atoms with van der Waals surface area (Å²) in [6, 6.07) is 0. The number of hydrogen-bond donors (Lipinski definition) is 2. The molecule has 0 unspecified atom stereocenters. The van der Waals surface area contributed by atoms with Gasteiger partial charge in [0.2, 0.25) is 0 Å². The molecular weight excluding hydrogens is 206 g/mol. The van der Waals surface area contributed by atoms with Crippen LogP contribution in [0.4, 0.5) is 0 Å². The summed E-state index contributed by atoms with van der Waals surface area (Å²) in [6.45, 7) is 8.40. The van der Waals surface area contributed by atoms with E-state index in [2.05, 4.69) is 34.8 Å². The second-order valence-corrected chi connectivity index (χ2v) is 5.48. The molecule has 0 aliphatic rings. The molecule has 1 rings (SSSR count). The van der Waals surface area contributed by atoms with Crippen LogP contribution in [0.3, 0.4) is 0 Å². The minimum atomic E-state index is 0.165. The summed E-state index contributed by atoms with van der Waals surface area (Å²) in [5.74, 6) is 0. The first-order valence-corrected chi connectivity index (χ1v) is 6.22. The maximum atomic E-state index is 4.43. The standard InChI is InChI=1S/C11H21N3S/c1-9-14-10(7-15-9)5-6-13-8-11(2,3)12-4/h7,12-13H,5-6,8H2,1-4H3. The van der Waals surface area contributed by atoms with Gasteiger partial charge in [0.1, 0.15) is 0 Å². The molecule has 0 spiro atoms. The van der Waals surface area contributed by atoms with Gasteiger partial charge in [-0.05, 0) is 27.8 Å². The highest BCUT2D eigenvalue weighted by Gasteiger charge is 2.12. The fourth-order valence-electron chi connectivity index (χ4n) is 1.23. The first kappa shape index (κ1) is 12.6. The van der Waals surface area contributed by atoms with E-state index in [0.29, 0.717) is 0 Å². The van der Waals surface area contributed by atoms with Crippen LogP contribution in [-0.4, -0.2) is 30.7 Å². The Kier molecular flexibility index (Phi) is 4.70. The Morgan fingerprint density at radius 2 is 2.20 bits per heavy atom. The summed E-state index contributed by atoms with van der Waals surface area (Å²) < 4.78 is 0. The molecule has 1 aromatic rings. The average molecular weight is 227 g/mol. The largest absolute Gasteiger partial charge is 0.315 e.